The Balaban J connectivity index is 2.11. The van der Waals surface area contributed by atoms with Crippen LogP contribution in [0.25, 0.3) is 0 Å². The summed E-state index contributed by atoms with van der Waals surface area (Å²) in [5, 5.41) is 9.31. The number of amides is 1. The summed E-state index contributed by atoms with van der Waals surface area (Å²) in [4.78, 5) is 24.9. The first kappa shape index (κ1) is 15.4. The summed E-state index contributed by atoms with van der Waals surface area (Å²) < 4.78 is 5.26. The van der Waals surface area contributed by atoms with Crippen LogP contribution < -0.4 is 4.90 Å². The van der Waals surface area contributed by atoms with Gasteiger partial charge in [-0.3, -0.25) is 4.90 Å². The molecule has 114 valence electrons. The summed E-state index contributed by atoms with van der Waals surface area (Å²) >= 11 is 0. The molecule has 0 saturated carbocycles. The molecule has 0 saturated heterocycles. The van der Waals surface area contributed by atoms with Crippen LogP contribution in [0, 0.1) is 5.41 Å². The van der Waals surface area contributed by atoms with Gasteiger partial charge in [0.25, 0.3) is 0 Å². The van der Waals surface area contributed by atoms with Crippen molar-refractivity contribution in [2.24, 2.45) is 5.41 Å². The van der Waals surface area contributed by atoms with Crippen molar-refractivity contribution in [2.75, 3.05) is 11.5 Å². The molecule has 1 atom stereocenters. The number of nitrogens with zero attached hydrogens (tertiary/aromatic N) is 1. The van der Waals surface area contributed by atoms with Crippen molar-refractivity contribution in [1.82, 2.24) is 0 Å². The smallest absolute Gasteiger partial charge is 0.415 e. The average Bonchev–Trinajstić information content (AvgIpc) is 2.76. The number of ether oxygens (including phenoxy) is 1. The van der Waals surface area contributed by atoms with Crippen LogP contribution >= 0.6 is 0 Å². The highest BCUT2D eigenvalue weighted by Crippen LogP contribution is 2.32. The summed E-state index contributed by atoms with van der Waals surface area (Å²) in [6.07, 6.45) is 0.461. The first-order chi connectivity index (χ1) is 9.79. The van der Waals surface area contributed by atoms with E-state index in [1.165, 1.54) is 4.90 Å². The number of carbonyl (C=O) groups is 2. The summed E-state index contributed by atoms with van der Waals surface area (Å²) in [6.45, 7) is 6.47. The van der Waals surface area contributed by atoms with E-state index in [0.29, 0.717) is 12.1 Å². The van der Waals surface area contributed by atoms with Crippen LogP contribution in [0.2, 0.25) is 0 Å². The Morgan fingerprint density at radius 2 is 2.00 bits per heavy atom. The number of hydrogen-bond acceptors (Lipinski definition) is 3. The van der Waals surface area contributed by atoms with E-state index in [2.05, 4.69) is 20.8 Å². The molecule has 0 unspecified atom stereocenters. The average molecular weight is 291 g/mol. The Hall–Kier alpha value is -2.04. The normalized spacial score (nSPS) is 17.5. The van der Waals surface area contributed by atoms with E-state index in [4.69, 9.17) is 4.74 Å². The van der Waals surface area contributed by atoms with E-state index in [0.717, 1.165) is 12.0 Å². The second kappa shape index (κ2) is 5.76. The summed E-state index contributed by atoms with van der Waals surface area (Å²) in [7, 11) is 0. The minimum atomic E-state index is -1.01. The number of hydrogen-bond donors (Lipinski definition) is 1. The molecule has 0 aromatic heterocycles. The molecule has 0 bridgehead atoms. The number of para-hydroxylation sites is 1. The van der Waals surface area contributed by atoms with E-state index >= 15 is 0 Å². The fourth-order valence-electron chi connectivity index (χ4n) is 2.32. The SMILES string of the molecule is CC(C)(C)CCOC(=O)N1c2ccccc2C[C@@H]1C(=O)O. The van der Waals surface area contributed by atoms with Crippen LogP contribution in [0.3, 0.4) is 0 Å². The molecule has 1 heterocycles. The molecule has 1 aromatic carbocycles. The van der Waals surface area contributed by atoms with E-state index in [1.807, 2.05) is 12.1 Å². The molecule has 5 heteroatoms. The zero-order valence-electron chi connectivity index (χ0n) is 12.6. The highest BCUT2D eigenvalue weighted by molar-refractivity contribution is 5.98. The number of aliphatic carboxylic acids is 1. The number of rotatable bonds is 3. The van der Waals surface area contributed by atoms with Gasteiger partial charge >= 0.3 is 12.1 Å². The molecule has 5 nitrogen and oxygen atoms in total. The number of anilines is 1. The van der Waals surface area contributed by atoms with E-state index < -0.39 is 18.1 Å². The van der Waals surface area contributed by atoms with Gasteiger partial charge in [0.1, 0.15) is 6.04 Å². The standard InChI is InChI=1S/C16H21NO4/c1-16(2,3)8-9-21-15(20)17-12-7-5-4-6-11(12)10-13(17)14(18)19/h4-7,13H,8-10H2,1-3H3,(H,18,19)/t13-/m1/s1. The second-order valence-corrected chi connectivity index (χ2v) is 6.48. The summed E-state index contributed by atoms with van der Waals surface area (Å²) in [6, 6.07) is 6.34. The van der Waals surface area contributed by atoms with Crippen LogP contribution in [0.15, 0.2) is 24.3 Å². The summed E-state index contributed by atoms with van der Waals surface area (Å²) in [5.41, 5.74) is 1.55. The zero-order chi connectivity index (χ0) is 15.6. The minimum Gasteiger partial charge on any atom is -0.480 e. The van der Waals surface area contributed by atoms with Gasteiger partial charge in [-0.1, -0.05) is 39.0 Å². The molecule has 0 spiro atoms. The van der Waals surface area contributed by atoms with E-state index in [-0.39, 0.29) is 12.0 Å². The monoisotopic (exact) mass is 291 g/mol. The Kier molecular flexibility index (Phi) is 4.21. The quantitative estimate of drug-likeness (QED) is 0.929. The van der Waals surface area contributed by atoms with Gasteiger partial charge in [-0.25, -0.2) is 9.59 Å². The van der Waals surface area contributed by atoms with E-state index in [1.54, 1.807) is 12.1 Å². The molecule has 0 aliphatic carbocycles. The van der Waals surface area contributed by atoms with Gasteiger partial charge in [0.2, 0.25) is 0 Å². The number of benzene rings is 1. The third kappa shape index (κ3) is 3.54. The number of carboxylic acids is 1. The molecule has 2 rings (SSSR count). The third-order valence-corrected chi connectivity index (χ3v) is 3.54. The maximum absolute atomic E-state index is 12.2. The molecule has 1 N–H and O–H groups in total. The van der Waals surface area contributed by atoms with Crippen molar-refractivity contribution < 1.29 is 19.4 Å². The summed E-state index contributed by atoms with van der Waals surface area (Å²) in [5.74, 6) is -1.01. The van der Waals surface area contributed by atoms with Crippen molar-refractivity contribution in [3.05, 3.63) is 29.8 Å². The lowest BCUT2D eigenvalue weighted by Crippen LogP contribution is -2.43. The molecule has 0 radical (unpaired) electrons. The lowest BCUT2D eigenvalue weighted by atomic mass is 9.93. The molecule has 21 heavy (non-hydrogen) atoms. The Morgan fingerprint density at radius 3 is 2.62 bits per heavy atom. The molecule has 1 aliphatic rings. The molecule has 1 aliphatic heterocycles. The number of carbonyl (C=O) groups excluding carboxylic acids is 1. The predicted octanol–water partition coefficient (Wildman–Crippen LogP) is 3.08. The Morgan fingerprint density at radius 1 is 1.33 bits per heavy atom. The fraction of sp³-hybridized carbons (Fsp3) is 0.500. The first-order valence-corrected chi connectivity index (χ1v) is 7.06. The fourth-order valence-corrected chi connectivity index (χ4v) is 2.32. The number of carboxylic acid groups (broad SMARTS) is 1. The Labute approximate surface area is 124 Å². The van der Waals surface area contributed by atoms with Crippen molar-refractivity contribution in [2.45, 2.75) is 39.7 Å². The van der Waals surface area contributed by atoms with Crippen molar-refractivity contribution in [3.63, 3.8) is 0 Å². The van der Waals surface area contributed by atoms with Gasteiger partial charge < -0.3 is 9.84 Å². The number of fused-ring (bicyclic) bond motifs is 1. The van der Waals surface area contributed by atoms with Crippen molar-refractivity contribution in [3.8, 4) is 0 Å². The van der Waals surface area contributed by atoms with Gasteiger partial charge in [-0.15, -0.1) is 0 Å². The maximum atomic E-state index is 12.2. The zero-order valence-corrected chi connectivity index (χ0v) is 12.6. The van der Waals surface area contributed by atoms with Crippen LogP contribution in [0.5, 0.6) is 0 Å². The van der Waals surface area contributed by atoms with Crippen LogP contribution in [0.1, 0.15) is 32.8 Å². The van der Waals surface area contributed by atoms with Gasteiger partial charge in [-0.2, -0.15) is 0 Å². The van der Waals surface area contributed by atoms with Gasteiger partial charge in [0.05, 0.1) is 12.3 Å². The van der Waals surface area contributed by atoms with Gasteiger partial charge in [0, 0.05) is 6.42 Å². The highest BCUT2D eigenvalue weighted by atomic mass is 16.6. The van der Waals surface area contributed by atoms with Gasteiger partial charge in [-0.05, 0) is 23.5 Å². The Bertz CT molecular complexity index is 547. The molecule has 1 aromatic rings. The van der Waals surface area contributed by atoms with Gasteiger partial charge in [0.15, 0.2) is 0 Å². The van der Waals surface area contributed by atoms with E-state index in [9.17, 15) is 14.7 Å². The lowest BCUT2D eigenvalue weighted by Gasteiger charge is -2.23. The highest BCUT2D eigenvalue weighted by Gasteiger charge is 2.39. The second-order valence-electron chi connectivity index (χ2n) is 6.48. The third-order valence-electron chi connectivity index (χ3n) is 3.54. The molecule has 1 amide bonds. The molecular weight excluding hydrogens is 270 g/mol. The minimum absolute atomic E-state index is 0.0649. The topological polar surface area (TPSA) is 66.8 Å². The van der Waals surface area contributed by atoms with Crippen molar-refractivity contribution in [1.29, 1.82) is 0 Å². The van der Waals surface area contributed by atoms with Crippen LogP contribution in [-0.4, -0.2) is 29.8 Å². The molecular formula is C16H21NO4. The molecule has 0 fully saturated rings. The largest absolute Gasteiger partial charge is 0.480 e. The lowest BCUT2D eigenvalue weighted by molar-refractivity contribution is -0.138. The first-order valence-electron chi connectivity index (χ1n) is 7.06. The maximum Gasteiger partial charge on any atom is 0.415 e. The van der Waals surface area contributed by atoms with Crippen LogP contribution in [-0.2, 0) is 16.0 Å². The van der Waals surface area contributed by atoms with Crippen LogP contribution in [0.4, 0.5) is 10.5 Å². The predicted molar refractivity (Wildman–Crippen MR) is 79.5 cm³/mol. The van der Waals surface area contributed by atoms with Crippen molar-refractivity contribution >= 4 is 17.7 Å².